The van der Waals surface area contributed by atoms with Gasteiger partial charge in [-0.3, -0.25) is 9.69 Å². The lowest BCUT2D eigenvalue weighted by Crippen LogP contribution is -2.36. The van der Waals surface area contributed by atoms with Crippen LogP contribution >= 0.6 is 0 Å². The summed E-state index contributed by atoms with van der Waals surface area (Å²) >= 11 is 0. The van der Waals surface area contributed by atoms with Crippen LogP contribution in [0.5, 0.6) is 0 Å². The molecule has 0 saturated carbocycles. The molecular formula is C16H18NO2. The van der Waals surface area contributed by atoms with E-state index in [1.54, 1.807) is 0 Å². The Balaban J connectivity index is 1.81. The van der Waals surface area contributed by atoms with Gasteiger partial charge in [-0.2, -0.15) is 0 Å². The first-order chi connectivity index (χ1) is 9.15. The first-order valence-corrected chi connectivity index (χ1v) is 6.51. The van der Waals surface area contributed by atoms with E-state index in [2.05, 4.69) is 23.7 Å². The highest BCUT2D eigenvalue weighted by atomic mass is 16.4. The SMILES string of the molecule is [CH2]c1ccc(C#CCN2CCC(C(=O)O)CC2)cc1. The van der Waals surface area contributed by atoms with E-state index in [1.165, 1.54) is 0 Å². The largest absolute Gasteiger partial charge is 0.481 e. The van der Waals surface area contributed by atoms with E-state index in [0.29, 0.717) is 6.54 Å². The lowest BCUT2D eigenvalue weighted by atomic mass is 9.97. The molecule has 0 aromatic heterocycles. The number of rotatable bonds is 2. The molecule has 1 aliphatic rings. The first-order valence-electron chi connectivity index (χ1n) is 6.51. The Morgan fingerprint density at radius 3 is 2.53 bits per heavy atom. The van der Waals surface area contributed by atoms with Crippen LogP contribution in [0.3, 0.4) is 0 Å². The number of piperidine rings is 1. The molecule has 2 rings (SSSR count). The average molecular weight is 256 g/mol. The molecule has 1 aromatic rings. The number of benzene rings is 1. The first kappa shape index (κ1) is 13.6. The summed E-state index contributed by atoms with van der Waals surface area (Å²) in [5.74, 6) is 5.42. The van der Waals surface area contributed by atoms with Gasteiger partial charge >= 0.3 is 5.97 Å². The van der Waals surface area contributed by atoms with Gasteiger partial charge in [-0.05, 0) is 50.6 Å². The minimum absolute atomic E-state index is 0.172. The van der Waals surface area contributed by atoms with Gasteiger partial charge in [0.15, 0.2) is 0 Å². The van der Waals surface area contributed by atoms with E-state index in [0.717, 1.165) is 37.1 Å². The zero-order valence-corrected chi connectivity index (χ0v) is 10.9. The predicted octanol–water partition coefficient (Wildman–Crippen LogP) is 2.02. The minimum Gasteiger partial charge on any atom is -0.481 e. The number of nitrogens with zero attached hydrogens (tertiary/aromatic N) is 1. The molecule has 1 fully saturated rings. The summed E-state index contributed by atoms with van der Waals surface area (Å²) in [5.41, 5.74) is 1.98. The van der Waals surface area contributed by atoms with Crippen molar-refractivity contribution >= 4 is 5.97 Å². The van der Waals surface area contributed by atoms with Gasteiger partial charge in [-0.1, -0.05) is 24.0 Å². The van der Waals surface area contributed by atoms with Crippen molar-refractivity contribution < 1.29 is 9.90 Å². The van der Waals surface area contributed by atoms with E-state index < -0.39 is 5.97 Å². The molecule has 1 heterocycles. The number of aliphatic carboxylic acids is 1. The summed E-state index contributed by atoms with van der Waals surface area (Å²) in [5, 5.41) is 8.92. The third kappa shape index (κ3) is 4.11. The van der Waals surface area contributed by atoms with Crippen molar-refractivity contribution in [2.24, 2.45) is 5.92 Å². The zero-order chi connectivity index (χ0) is 13.7. The molecule has 99 valence electrons. The molecule has 0 spiro atoms. The van der Waals surface area contributed by atoms with Crippen LogP contribution in [0.4, 0.5) is 0 Å². The molecule has 1 radical (unpaired) electrons. The fraction of sp³-hybridized carbons (Fsp3) is 0.375. The molecule has 3 heteroatoms. The lowest BCUT2D eigenvalue weighted by Gasteiger charge is -2.28. The number of carboxylic acid groups (broad SMARTS) is 1. The zero-order valence-electron chi connectivity index (χ0n) is 10.9. The van der Waals surface area contributed by atoms with Crippen molar-refractivity contribution in [3.05, 3.63) is 42.3 Å². The fourth-order valence-corrected chi connectivity index (χ4v) is 2.18. The van der Waals surface area contributed by atoms with Gasteiger partial charge in [0.2, 0.25) is 0 Å². The molecule has 3 nitrogen and oxygen atoms in total. The molecule has 1 N–H and O–H groups in total. The number of carboxylic acids is 1. The molecule has 1 saturated heterocycles. The van der Waals surface area contributed by atoms with Gasteiger partial charge in [0.1, 0.15) is 0 Å². The highest BCUT2D eigenvalue weighted by Gasteiger charge is 2.23. The van der Waals surface area contributed by atoms with Crippen LogP contribution in [0.15, 0.2) is 24.3 Å². The molecule has 0 unspecified atom stereocenters. The van der Waals surface area contributed by atoms with Gasteiger partial charge < -0.3 is 5.11 Å². The van der Waals surface area contributed by atoms with E-state index in [-0.39, 0.29) is 5.92 Å². The van der Waals surface area contributed by atoms with Crippen LogP contribution in [-0.4, -0.2) is 35.6 Å². The average Bonchev–Trinajstić information content (AvgIpc) is 2.41. The van der Waals surface area contributed by atoms with Crippen molar-refractivity contribution in [2.75, 3.05) is 19.6 Å². The predicted molar refractivity (Wildman–Crippen MR) is 74.6 cm³/mol. The quantitative estimate of drug-likeness (QED) is 0.823. The van der Waals surface area contributed by atoms with E-state index in [9.17, 15) is 4.79 Å². The Morgan fingerprint density at radius 2 is 1.95 bits per heavy atom. The molecule has 1 aromatic carbocycles. The highest BCUT2D eigenvalue weighted by Crippen LogP contribution is 2.16. The van der Waals surface area contributed by atoms with Crippen molar-refractivity contribution in [3.63, 3.8) is 0 Å². The summed E-state index contributed by atoms with van der Waals surface area (Å²) < 4.78 is 0. The highest BCUT2D eigenvalue weighted by molar-refractivity contribution is 5.70. The van der Waals surface area contributed by atoms with Gasteiger partial charge in [0.25, 0.3) is 0 Å². The lowest BCUT2D eigenvalue weighted by molar-refractivity contribution is -0.143. The Hall–Kier alpha value is -1.79. The maximum Gasteiger partial charge on any atom is 0.306 e. The van der Waals surface area contributed by atoms with Crippen molar-refractivity contribution in [3.8, 4) is 11.8 Å². The van der Waals surface area contributed by atoms with Gasteiger partial charge in [-0.25, -0.2) is 0 Å². The van der Waals surface area contributed by atoms with Crippen LogP contribution in [-0.2, 0) is 4.79 Å². The molecular weight excluding hydrogens is 238 g/mol. The van der Waals surface area contributed by atoms with Crippen LogP contribution < -0.4 is 0 Å². The summed E-state index contributed by atoms with van der Waals surface area (Å²) in [4.78, 5) is 13.0. The second kappa shape index (κ2) is 6.40. The smallest absolute Gasteiger partial charge is 0.306 e. The van der Waals surface area contributed by atoms with Crippen molar-refractivity contribution in [2.45, 2.75) is 12.8 Å². The molecule has 1 aliphatic heterocycles. The van der Waals surface area contributed by atoms with Gasteiger partial charge in [-0.15, -0.1) is 0 Å². The van der Waals surface area contributed by atoms with Gasteiger partial charge in [0, 0.05) is 5.56 Å². The maximum atomic E-state index is 10.8. The van der Waals surface area contributed by atoms with E-state index >= 15 is 0 Å². The van der Waals surface area contributed by atoms with E-state index in [4.69, 9.17) is 5.11 Å². The Labute approximate surface area is 114 Å². The van der Waals surface area contributed by atoms with E-state index in [1.807, 2.05) is 24.3 Å². The van der Waals surface area contributed by atoms with Gasteiger partial charge in [0.05, 0.1) is 12.5 Å². The standard InChI is InChI=1S/C16H18NO2/c1-13-4-6-14(7-5-13)3-2-10-17-11-8-15(9-12-17)16(18)19/h4-7,15H,1,8-12H2,(H,18,19). The number of likely N-dealkylation sites (tertiary alicyclic amines) is 1. The molecule has 0 aliphatic carbocycles. The summed E-state index contributed by atoms with van der Waals surface area (Å²) in [6.07, 6.45) is 1.46. The monoisotopic (exact) mass is 256 g/mol. The molecule has 19 heavy (non-hydrogen) atoms. The number of carbonyl (C=O) groups is 1. The van der Waals surface area contributed by atoms with Crippen LogP contribution in [0, 0.1) is 24.7 Å². The molecule has 0 atom stereocenters. The summed E-state index contributed by atoms with van der Waals surface area (Å²) in [7, 11) is 0. The Morgan fingerprint density at radius 1 is 1.32 bits per heavy atom. The molecule has 0 bridgehead atoms. The van der Waals surface area contributed by atoms with Crippen LogP contribution in [0.25, 0.3) is 0 Å². The third-order valence-electron chi connectivity index (χ3n) is 3.43. The minimum atomic E-state index is -0.668. The Kier molecular flexibility index (Phi) is 4.59. The number of hydrogen-bond donors (Lipinski definition) is 1. The van der Waals surface area contributed by atoms with Crippen LogP contribution in [0.1, 0.15) is 24.0 Å². The second-order valence-electron chi connectivity index (χ2n) is 4.89. The number of hydrogen-bond acceptors (Lipinski definition) is 2. The second-order valence-corrected chi connectivity index (χ2v) is 4.89. The normalized spacial score (nSPS) is 16.7. The van der Waals surface area contributed by atoms with Crippen LogP contribution in [0.2, 0.25) is 0 Å². The third-order valence-corrected chi connectivity index (χ3v) is 3.43. The summed E-state index contributed by atoms with van der Waals surface area (Å²) in [6, 6.07) is 7.82. The Bertz CT molecular complexity index is 488. The topological polar surface area (TPSA) is 40.5 Å². The maximum absolute atomic E-state index is 10.8. The fourth-order valence-electron chi connectivity index (χ4n) is 2.18. The van der Waals surface area contributed by atoms with Crippen molar-refractivity contribution in [1.29, 1.82) is 0 Å². The molecule has 0 amide bonds. The summed E-state index contributed by atoms with van der Waals surface area (Å²) in [6.45, 7) is 6.18. The van der Waals surface area contributed by atoms with Crippen molar-refractivity contribution in [1.82, 2.24) is 4.90 Å².